The quantitative estimate of drug-likeness (QED) is 0.659. The number of nitrogens with zero attached hydrogens (tertiary/aromatic N) is 2. The van der Waals surface area contributed by atoms with Crippen LogP contribution < -0.4 is 0 Å². The summed E-state index contributed by atoms with van der Waals surface area (Å²) in [5, 5.41) is 8.85. The van der Waals surface area contributed by atoms with E-state index < -0.39 is 0 Å². The number of hydrogen-bond donors (Lipinski definition) is 0. The van der Waals surface area contributed by atoms with E-state index in [1.54, 1.807) is 0 Å². The first-order valence-electron chi connectivity index (χ1n) is 6.05. The van der Waals surface area contributed by atoms with Gasteiger partial charge in [-0.2, -0.15) is 5.26 Å². The van der Waals surface area contributed by atoms with E-state index in [4.69, 9.17) is 10.00 Å². The topological polar surface area (TPSA) is 36.3 Å². The van der Waals surface area contributed by atoms with Crippen molar-refractivity contribution >= 4 is 0 Å². The van der Waals surface area contributed by atoms with E-state index in [-0.39, 0.29) is 6.10 Å². The second kappa shape index (κ2) is 4.96. The Balaban J connectivity index is 1.85. The second-order valence-corrected chi connectivity index (χ2v) is 4.90. The zero-order valence-corrected chi connectivity index (χ0v) is 9.48. The first kappa shape index (κ1) is 10.9. The third-order valence-electron chi connectivity index (χ3n) is 3.74. The van der Waals surface area contributed by atoms with Gasteiger partial charge in [0, 0.05) is 19.1 Å². The fourth-order valence-corrected chi connectivity index (χ4v) is 2.69. The fraction of sp³-hybridized carbons (Fsp3) is 0.917. The predicted molar refractivity (Wildman–Crippen MR) is 58.3 cm³/mol. The summed E-state index contributed by atoms with van der Waals surface area (Å²) in [5.74, 6) is 0.897. The lowest BCUT2D eigenvalue weighted by Crippen LogP contribution is -2.48. The van der Waals surface area contributed by atoms with Gasteiger partial charge in [0.2, 0.25) is 0 Å². The zero-order chi connectivity index (χ0) is 10.7. The van der Waals surface area contributed by atoms with Crippen molar-refractivity contribution < 1.29 is 4.74 Å². The van der Waals surface area contributed by atoms with Crippen LogP contribution in [0.3, 0.4) is 0 Å². The van der Waals surface area contributed by atoms with Crippen molar-refractivity contribution in [3.8, 4) is 6.07 Å². The summed E-state index contributed by atoms with van der Waals surface area (Å²) in [6, 6.07) is 2.93. The van der Waals surface area contributed by atoms with Gasteiger partial charge in [-0.05, 0) is 31.6 Å². The van der Waals surface area contributed by atoms with Crippen molar-refractivity contribution in [1.82, 2.24) is 4.90 Å². The molecule has 84 valence electrons. The van der Waals surface area contributed by atoms with E-state index in [2.05, 4.69) is 17.9 Å². The Bertz CT molecular complexity index is 240. The number of rotatable bonds is 1. The van der Waals surface area contributed by atoms with Gasteiger partial charge < -0.3 is 4.74 Å². The van der Waals surface area contributed by atoms with E-state index in [0.717, 1.165) is 25.6 Å². The Morgan fingerprint density at radius 3 is 2.67 bits per heavy atom. The van der Waals surface area contributed by atoms with Gasteiger partial charge in [0.15, 0.2) is 6.10 Å². The third-order valence-corrected chi connectivity index (χ3v) is 3.74. The number of nitriles is 1. The normalized spacial score (nSPS) is 38.5. The van der Waals surface area contributed by atoms with Crippen LogP contribution in [0.1, 0.15) is 32.6 Å². The summed E-state index contributed by atoms with van der Waals surface area (Å²) >= 11 is 0. The van der Waals surface area contributed by atoms with Crippen LogP contribution in [0.2, 0.25) is 0 Å². The summed E-state index contributed by atoms with van der Waals surface area (Å²) in [6.07, 6.45) is 5.11. The van der Waals surface area contributed by atoms with Crippen LogP contribution in [0.5, 0.6) is 0 Å². The largest absolute Gasteiger partial charge is 0.361 e. The summed E-state index contributed by atoms with van der Waals surface area (Å²) in [5.41, 5.74) is 0. The van der Waals surface area contributed by atoms with Gasteiger partial charge in [-0.15, -0.1) is 0 Å². The maximum absolute atomic E-state index is 8.85. The molecule has 2 fully saturated rings. The van der Waals surface area contributed by atoms with E-state index >= 15 is 0 Å². The van der Waals surface area contributed by atoms with Gasteiger partial charge in [-0.1, -0.05) is 6.92 Å². The van der Waals surface area contributed by atoms with Crippen LogP contribution in [0.25, 0.3) is 0 Å². The minimum atomic E-state index is -0.196. The SMILES string of the molecule is CC1CCC(N2CCOC(C#N)C2)CC1. The molecular weight excluding hydrogens is 188 g/mol. The molecular formula is C12H20N2O. The molecule has 1 unspecified atom stereocenters. The van der Waals surface area contributed by atoms with Crippen molar-refractivity contribution in [3.05, 3.63) is 0 Å². The van der Waals surface area contributed by atoms with Gasteiger partial charge in [-0.3, -0.25) is 4.90 Å². The number of morpholine rings is 1. The van der Waals surface area contributed by atoms with Crippen LogP contribution >= 0.6 is 0 Å². The monoisotopic (exact) mass is 208 g/mol. The maximum Gasteiger partial charge on any atom is 0.156 e. The Hall–Kier alpha value is -0.590. The van der Waals surface area contributed by atoms with Gasteiger partial charge in [-0.25, -0.2) is 0 Å². The maximum atomic E-state index is 8.85. The standard InChI is InChI=1S/C12H20N2O/c1-10-2-4-11(5-3-10)14-6-7-15-12(8-13)9-14/h10-12H,2-7,9H2,1H3. The van der Waals surface area contributed by atoms with Crippen molar-refractivity contribution in [3.63, 3.8) is 0 Å². The van der Waals surface area contributed by atoms with Crippen molar-refractivity contribution in [2.45, 2.75) is 44.8 Å². The summed E-state index contributed by atoms with van der Waals surface area (Å²) in [6.45, 7) is 4.89. The lowest BCUT2D eigenvalue weighted by molar-refractivity contribution is -0.0252. The third kappa shape index (κ3) is 2.70. The average Bonchev–Trinajstić information content (AvgIpc) is 2.30. The Morgan fingerprint density at radius 1 is 1.27 bits per heavy atom. The van der Waals surface area contributed by atoms with Crippen LogP contribution in [0.4, 0.5) is 0 Å². The Kier molecular flexibility index (Phi) is 3.61. The number of ether oxygens (including phenoxy) is 1. The lowest BCUT2D eigenvalue weighted by atomic mass is 9.86. The van der Waals surface area contributed by atoms with Gasteiger partial charge >= 0.3 is 0 Å². The van der Waals surface area contributed by atoms with E-state index in [9.17, 15) is 0 Å². The molecule has 0 aromatic rings. The molecule has 3 heteroatoms. The smallest absolute Gasteiger partial charge is 0.156 e. The molecule has 0 spiro atoms. The molecule has 3 nitrogen and oxygen atoms in total. The average molecular weight is 208 g/mol. The van der Waals surface area contributed by atoms with Crippen LogP contribution in [0.15, 0.2) is 0 Å². The van der Waals surface area contributed by atoms with Gasteiger partial charge in [0.1, 0.15) is 0 Å². The fourth-order valence-electron chi connectivity index (χ4n) is 2.69. The van der Waals surface area contributed by atoms with Crippen molar-refractivity contribution in [2.75, 3.05) is 19.7 Å². The molecule has 1 heterocycles. The molecule has 0 bridgehead atoms. The molecule has 1 aliphatic heterocycles. The minimum absolute atomic E-state index is 0.196. The molecule has 0 N–H and O–H groups in total. The van der Waals surface area contributed by atoms with Crippen LogP contribution in [0, 0.1) is 17.2 Å². The zero-order valence-electron chi connectivity index (χ0n) is 9.48. The molecule has 0 aromatic carbocycles. The van der Waals surface area contributed by atoms with E-state index in [1.807, 2.05) is 0 Å². The van der Waals surface area contributed by atoms with E-state index in [1.165, 1.54) is 25.7 Å². The van der Waals surface area contributed by atoms with Crippen LogP contribution in [-0.4, -0.2) is 36.7 Å². The highest BCUT2D eigenvalue weighted by atomic mass is 16.5. The van der Waals surface area contributed by atoms with Crippen molar-refractivity contribution in [2.24, 2.45) is 5.92 Å². The van der Waals surface area contributed by atoms with Gasteiger partial charge in [0.05, 0.1) is 12.7 Å². The second-order valence-electron chi connectivity index (χ2n) is 4.90. The highest BCUT2D eigenvalue weighted by Crippen LogP contribution is 2.27. The Labute approximate surface area is 92.0 Å². The summed E-state index contributed by atoms with van der Waals surface area (Å²) < 4.78 is 5.37. The molecule has 1 saturated heterocycles. The number of hydrogen-bond acceptors (Lipinski definition) is 3. The van der Waals surface area contributed by atoms with Crippen molar-refractivity contribution in [1.29, 1.82) is 5.26 Å². The molecule has 2 rings (SSSR count). The highest BCUT2D eigenvalue weighted by Gasteiger charge is 2.28. The molecule has 0 aromatic heterocycles. The first-order chi connectivity index (χ1) is 7.29. The molecule has 15 heavy (non-hydrogen) atoms. The van der Waals surface area contributed by atoms with Crippen LogP contribution in [-0.2, 0) is 4.74 Å². The Morgan fingerprint density at radius 2 is 2.00 bits per heavy atom. The molecule has 0 radical (unpaired) electrons. The van der Waals surface area contributed by atoms with Gasteiger partial charge in [0.25, 0.3) is 0 Å². The highest BCUT2D eigenvalue weighted by molar-refractivity contribution is 4.91. The predicted octanol–water partition coefficient (Wildman–Crippen LogP) is 1.79. The molecule has 1 aliphatic carbocycles. The first-order valence-corrected chi connectivity index (χ1v) is 6.05. The molecule has 2 aliphatic rings. The minimum Gasteiger partial charge on any atom is -0.361 e. The summed E-state index contributed by atoms with van der Waals surface area (Å²) in [4.78, 5) is 2.46. The lowest BCUT2D eigenvalue weighted by Gasteiger charge is -2.39. The summed E-state index contributed by atoms with van der Waals surface area (Å²) in [7, 11) is 0. The van der Waals surface area contributed by atoms with E-state index in [0.29, 0.717) is 6.04 Å². The molecule has 0 amide bonds. The molecule has 1 saturated carbocycles. The molecule has 1 atom stereocenters.